The van der Waals surface area contributed by atoms with Gasteiger partial charge in [-0.25, -0.2) is 4.79 Å². The number of carbonyl (C=O) groups is 3. The number of rotatable bonds is 5. The van der Waals surface area contributed by atoms with Crippen LogP contribution in [-0.4, -0.2) is 54.9 Å². The molecule has 124 valence electrons. The first-order valence-corrected chi connectivity index (χ1v) is 6.91. The lowest BCUT2D eigenvalue weighted by Gasteiger charge is -2.32. The molecule has 3 unspecified atom stereocenters. The zero-order chi connectivity index (χ0) is 16.8. The lowest BCUT2D eigenvalue weighted by molar-refractivity contribution is -0.200. The third-order valence-corrected chi connectivity index (χ3v) is 3.27. The van der Waals surface area contributed by atoms with Crippen molar-refractivity contribution in [1.82, 2.24) is 5.32 Å². The first-order chi connectivity index (χ1) is 11.1. The summed E-state index contributed by atoms with van der Waals surface area (Å²) < 4.78 is 15.1. The molecule has 2 N–H and O–H groups in total. The topological polar surface area (TPSA) is 111 Å². The largest absolute Gasteiger partial charge is 0.445 e. The molecule has 0 aromatic heterocycles. The van der Waals surface area contributed by atoms with E-state index in [0.29, 0.717) is 0 Å². The molecule has 1 heterocycles. The van der Waals surface area contributed by atoms with Crippen molar-refractivity contribution >= 4 is 17.7 Å². The van der Waals surface area contributed by atoms with Crippen LogP contribution in [0.1, 0.15) is 5.56 Å². The van der Waals surface area contributed by atoms with E-state index in [4.69, 9.17) is 19.3 Å². The second kappa shape index (κ2) is 7.82. The van der Waals surface area contributed by atoms with E-state index in [1.54, 1.807) is 24.3 Å². The Balaban J connectivity index is 1.95. The highest BCUT2D eigenvalue weighted by atomic mass is 16.7. The fourth-order valence-corrected chi connectivity index (χ4v) is 2.08. The number of amides is 1. The molecule has 1 aromatic rings. The molecule has 1 fully saturated rings. The van der Waals surface area contributed by atoms with Gasteiger partial charge < -0.3 is 24.6 Å². The maximum absolute atomic E-state index is 12.0. The minimum Gasteiger partial charge on any atom is -0.445 e. The molecule has 0 aliphatic carbocycles. The second-order valence-corrected chi connectivity index (χ2v) is 4.82. The summed E-state index contributed by atoms with van der Waals surface area (Å²) in [6.45, 7) is -0.630. The SMILES string of the molecule is COC1OC(CO)C(=O)C(=O)C1NC(=O)OCc1ccccc1. The number of methoxy groups -OCH3 is 1. The van der Waals surface area contributed by atoms with Gasteiger partial charge in [0.05, 0.1) is 6.61 Å². The molecule has 1 aliphatic rings. The zero-order valence-corrected chi connectivity index (χ0v) is 12.4. The van der Waals surface area contributed by atoms with E-state index in [1.165, 1.54) is 7.11 Å². The highest BCUT2D eigenvalue weighted by Crippen LogP contribution is 2.15. The Bertz CT molecular complexity index is 574. The first-order valence-electron chi connectivity index (χ1n) is 6.91. The second-order valence-electron chi connectivity index (χ2n) is 4.82. The van der Waals surface area contributed by atoms with Crippen LogP contribution in [0.5, 0.6) is 0 Å². The number of aliphatic hydroxyl groups excluding tert-OH is 1. The number of benzene rings is 1. The molecular formula is C15H17NO7. The summed E-state index contributed by atoms with van der Waals surface area (Å²) in [7, 11) is 1.26. The standard InChI is InChI=1S/C15H17NO7/c1-21-14-11(13(19)12(18)10(7-17)23-14)16-15(20)22-8-9-5-3-2-4-6-9/h2-6,10-11,14,17H,7-8H2,1H3,(H,16,20). The van der Waals surface area contributed by atoms with Gasteiger partial charge in [-0.15, -0.1) is 0 Å². The molecule has 3 atom stereocenters. The van der Waals surface area contributed by atoms with Gasteiger partial charge in [-0.2, -0.15) is 0 Å². The number of Topliss-reactive ketones (excluding diaryl/α,β-unsaturated/α-hetero) is 2. The van der Waals surface area contributed by atoms with Crippen molar-refractivity contribution in [1.29, 1.82) is 0 Å². The van der Waals surface area contributed by atoms with Gasteiger partial charge >= 0.3 is 6.09 Å². The summed E-state index contributed by atoms with van der Waals surface area (Å²) in [6.07, 6.45) is -3.35. The summed E-state index contributed by atoms with van der Waals surface area (Å²) in [4.78, 5) is 35.5. The fourth-order valence-electron chi connectivity index (χ4n) is 2.08. The normalized spacial score (nSPS) is 24.3. The molecule has 1 saturated heterocycles. The number of ether oxygens (including phenoxy) is 3. The Morgan fingerprint density at radius 1 is 1.26 bits per heavy atom. The molecule has 1 aliphatic heterocycles. The van der Waals surface area contributed by atoms with E-state index < -0.39 is 42.7 Å². The number of aliphatic hydroxyl groups is 1. The Hall–Kier alpha value is -2.29. The Kier molecular flexibility index (Phi) is 5.80. The van der Waals surface area contributed by atoms with E-state index in [9.17, 15) is 14.4 Å². The van der Waals surface area contributed by atoms with Gasteiger partial charge in [0.15, 0.2) is 6.29 Å². The third-order valence-electron chi connectivity index (χ3n) is 3.27. The van der Waals surface area contributed by atoms with Crippen molar-refractivity contribution in [2.24, 2.45) is 0 Å². The predicted molar refractivity (Wildman–Crippen MR) is 76.3 cm³/mol. The van der Waals surface area contributed by atoms with Gasteiger partial charge in [-0.1, -0.05) is 30.3 Å². The number of alkyl carbamates (subject to hydrolysis) is 1. The van der Waals surface area contributed by atoms with E-state index in [1.807, 2.05) is 6.07 Å². The first kappa shape index (κ1) is 17.1. The molecule has 8 heteroatoms. The van der Waals surface area contributed by atoms with Gasteiger partial charge in [0.1, 0.15) is 18.8 Å². The van der Waals surface area contributed by atoms with Crippen LogP contribution in [0.2, 0.25) is 0 Å². The van der Waals surface area contributed by atoms with Crippen LogP contribution in [0.3, 0.4) is 0 Å². The van der Waals surface area contributed by atoms with Gasteiger partial charge in [0, 0.05) is 7.11 Å². The van der Waals surface area contributed by atoms with Crippen LogP contribution in [0.4, 0.5) is 4.79 Å². The maximum atomic E-state index is 12.0. The molecule has 8 nitrogen and oxygen atoms in total. The summed E-state index contributed by atoms with van der Waals surface area (Å²) >= 11 is 0. The zero-order valence-electron chi connectivity index (χ0n) is 12.4. The van der Waals surface area contributed by atoms with Crippen molar-refractivity contribution in [3.05, 3.63) is 35.9 Å². The average molecular weight is 323 g/mol. The van der Waals surface area contributed by atoms with Gasteiger partial charge in [0.2, 0.25) is 11.6 Å². The molecule has 0 saturated carbocycles. The smallest absolute Gasteiger partial charge is 0.408 e. The molecule has 1 amide bonds. The van der Waals surface area contributed by atoms with Crippen molar-refractivity contribution in [3.63, 3.8) is 0 Å². The third kappa shape index (κ3) is 4.13. The molecule has 2 rings (SSSR count). The van der Waals surface area contributed by atoms with Crippen LogP contribution in [0.25, 0.3) is 0 Å². The Morgan fingerprint density at radius 2 is 1.96 bits per heavy atom. The lowest BCUT2D eigenvalue weighted by Crippen LogP contribution is -2.60. The van der Waals surface area contributed by atoms with Crippen molar-refractivity contribution < 1.29 is 33.7 Å². The maximum Gasteiger partial charge on any atom is 0.408 e. The van der Waals surface area contributed by atoms with Gasteiger partial charge in [-0.3, -0.25) is 9.59 Å². The summed E-state index contributed by atoms with van der Waals surface area (Å²) in [5.41, 5.74) is 0.772. The van der Waals surface area contributed by atoms with Gasteiger partial charge in [0.25, 0.3) is 0 Å². The molecule has 0 spiro atoms. The van der Waals surface area contributed by atoms with Crippen molar-refractivity contribution in [2.75, 3.05) is 13.7 Å². The minimum absolute atomic E-state index is 0.0132. The quantitative estimate of drug-likeness (QED) is 0.721. The van der Waals surface area contributed by atoms with Crippen molar-refractivity contribution in [2.45, 2.75) is 25.0 Å². The van der Waals surface area contributed by atoms with Crippen LogP contribution < -0.4 is 5.32 Å². The van der Waals surface area contributed by atoms with E-state index in [0.717, 1.165) is 5.56 Å². The minimum atomic E-state index is -1.32. The van der Waals surface area contributed by atoms with Crippen molar-refractivity contribution in [3.8, 4) is 0 Å². The Morgan fingerprint density at radius 3 is 2.57 bits per heavy atom. The number of hydrogen-bond acceptors (Lipinski definition) is 7. The monoisotopic (exact) mass is 323 g/mol. The van der Waals surface area contributed by atoms with E-state index in [2.05, 4.69) is 5.32 Å². The molecule has 0 radical (unpaired) electrons. The molecular weight excluding hydrogens is 306 g/mol. The molecule has 0 bridgehead atoms. The van der Waals surface area contributed by atoms with Crippen LogP contribution >= 0.6 is 0 Å². The fraction of sp³-hybridized carbons (Fsp3) is 0.400. The Labute approximate surface area is 132 Å². The summed E-state index contributed by atoms with van der Waals surface area (Å²) in [6, 6.07) is 7.64. The summed E-state index contributed by atoms with van der Waals surface area (Å²) in [5.74, 6) is -1.83. The van der Waals surface area contributed by atoms with Crippen LogP contribution in [-0.2, 0) is 30.4 Å². The number of carbonyl (C=O) groups excluding carboxylic acids is 3. The number of ketones is 2. The predicted octanol–water partition coefficient (Wildman–Crippen LogP) is -0.217. The number of nitrogens with one attached hydrogen (secondary N) is 1. The van der Waals surface area contributed by atoms with Crippen LogP contribution in [0, 0.1) is 0 Å². The summed E-state index contributed by atoms with van der Waals surface area (Å²) in [5, 5.41) is 11.3. The van der Waals surface area contributed by atoms with Crippen LogP contribution in [0.15, 0.2) is 30.3 Å². The highest BCUT2D eigenvalue weighted by molar-refractivity contribution is 6.41. The van der Waals surface area contributed by atoms with E-state index >= 15 is 0 Å². The number of hydrogen-bond donors (Lipinski definition) is 2. The van der Waals surface area contributed by atoms with E-state index in [-0.39, 0.29) is 6.61 Å². The van der Waals surface area contributed by atoms with Gasteiger partial charge in [-0.05, 0) is 5.56 Å². The average Bonchev–Trinajstić information content (AvgIpc) is 2.58. The molecule has 1 aromatic carbocycles. The highest BCUT2D eigenvalue weighted by Gasteiger charge is 2.45. The molecule has 23 heavy (non-hydrogen) atoms. The lowest BCUT2D eigenvalue weighted by atomic mass is 10.0.